The quantitative estimate of drug-likeness (QED) is 0.842. The summed E-state index contributed by atoms with van der Waals surface area (Å²) in [5, 5.41) is 10.1. The van der Waals surface area contributed by atoms with Crippen molar-refractivity contribution in [3.63, 3.8) is 0 Å². The van der Waals surface area contributed by atoms with E-state index in [-0.39, 0.29) is 11.9 Å². The molecule has 1 unspecified atom stereocenters. The van der Waals surface area contributed by atoms with Crippen LogP contribution in [-0.2, 0) is 4.79 Å². The van der Waals surface area contributed by atoms with Crippen LogP contribution < -0.4 is 0 Å². The molecule has 0 saturated heterocycles. The van der Waals surface area contributed by atoms with Crippen molar-refractivity contribution in [3.05, 3.63) is 23.4 Å². The minimum atomic E-state index is -0.111. The Morgan fingerprint density at radius 2 is 2.15 bits per heavy atom. The van der Waals surface area contributed by atoms with Crippen LogP contribution >= 0.6 is 11.3 Å². The molecule has 1 amide bonds. The summed E-state index contributed by atoms with van der Waals surface area (Å²) in [6.45, 7) is 2.25. The standard InChI is InChI=1S/C13H18N4O2S/c1-9(17(4)8-11(18)16(2)3)12-14-15-13(19-12)10-6-5-7-20-10/h5-7,9H,8H2,1-4H3. The van der Waals surface area contributed by atoms with Crippen LogP contribution in [0.25, 0.3) is 10.8 Å². The van der Waals surface area contributed by atoms with Crippen molar-refractivity contribution in [1.29, 1.82) is 0 Å². The molecule has 1 atom stereocenters. The molecule has 0 spiro atoms. The Morgan fingerprint density at radius 1 is 1.40 bits per heavy atom. The van der Waals surface area contributed by atoms with Crippen molar-refractivity contribution in [2.45, 2.75) is 13.0 Å². The number of nitrogens with zero attached hydrogens (tertiary/aromatic N) is 4. The van der Waals surface area contributed by atoms with Crippen LogP contribution in [0.15, 0.2) is 21.9 Å². The molecule has 0 aliphatic heterocycles. The lowest BCUT2D eigenvalue weighted by Crippen LogP contribution is -2.35. The lowest BCUT2D eigenvalue weighted by Gasteiger charge is -2.22. The van der Waals surface area contributed by atoms with Gasteiger partial charge in [0.05, 0.1) is 17.5 Å². The van der Waals surface area contributed by atoms with Gasteiger partial charge in [-0.2, -0.15) is 0 Å². The van der Waals surface area contributed by atoms with Gasteiger partial charge in [0.25, 0.3) is 5.89 Å². The van der Waals surface area contributed by atoms with Crippen molar-refractivity contribution in [2.75, 3.05) is 27.7 Å². The molecule has 2 aromatic rings. The maximum Gasteiger partial charge on any atom is 0.257 e. The molecule has 2 rings (SSSR count). The Morgan fingerprint density at radius 3 is 2.75 bits per heavy atom. The number of rotatable bonds is 5. The molecular formula is C13H18N4O2S. The topological polar surface area (TPSA) is 62.5 Å². The number of hydrogen-bond donors (Lipinski definition) is 0. The van der Waals surface area contributed by atoms with Crippen LogP contribution in [-0.4, -0.2) is 53.6 Å². The molecule has 20 heavy (non-hydrogen) atoms. The number of amides is 1. The van der Waals surface area contributed by atoms with E-state index >= 15 is 0 Å². The van der Waals surface area contributed by atoms with Crippen molar-refractivity contribution in [2.24, 2.45) is 0 Å². The van der Waals surface area contributed by atoms with E-state index < -0.39 is 0 Å². The third-order valence-corrected chi connectivity index (χ3v) is 3.93. The summed E-state index contributed by atoms with van der Waals surface area (Å²) in [5.41, 5.74) is 0. The number of carbonyl (C=O) groups is 1. The minimum absolute atomic E-state index is 0.0392. The smallest absolute Gasteiger partial charge is 0.257 e. The van der Waals surface area contributed by atoms with E-state index in [0.717, 1.165) is 4.88 Å². The average molecular weight is 294 g/mol. The number of thiophene rings is 1. The molecule has 0 radical (unpaired) electrons. The summed E-state index contributed by atoms with van der Waals surface area (Å²) in [4.78, 5) is 16.1. The van der Waals surface area contributed by atoms with E-state index in [1.165, 1.54) is 0 Å². The first-order chi connectivity index (χ1) is 9.49. The van der Waals surface area contributed by atoms with E-state index in [1.807, 2.05) is 36.4 Å². The van der Waals surface area contributed by atoms with Gasteiger partial charge in [-0.1, -0.05) is 6.07 Å². The molecule has 0 aromatic carbocycles. The first kappa shape index (κ1) is 14.7. The van der Waals surface area contributed by atoms with E-state index in [0.29, 0.717) is 18.3 Å². The summed E-state index contributed by atoms with van der Waals surface area (Å²) < 4.78 is 5.67. The van der Waals surface area contributed by atoms with Gasteiger partial charge in [0.15, 0.2) is 0 Å². The molecule has 0 aliphatic carbocycles. The summed E-state index contributed by atoms with van der Waals surface area (Å²) in [6.07, 6.45) is 0. The summed E-state index contributed by atoms with van der Waals surface area (Å²) >= 11 is 1.55. The highest BCUT2D eigenvalue weighted by Crippen LogP contribution is 2.26. The second-order valence-electron chi connectivity index (χ2n) is 4.80. The fourth-order valence-electron chi connectivity index (χ4n) is 1.58. The van der Waals surface area contributed by atoms with Gasteiger partial charge >= 0.3 is 0 Å². The Kier molecular flexibility index (Phi) is 4.51. The Hall–Kier alpha value is -1.73. The van der Waals surface area contributed by atoms with E-state index in [1.54, 1.807) is 30.3 Å². The molecule has 2 heterocycles. The van der Waals surface area contributed by atoms with Crippen LogP contribution in [0.2, 0.25) is 0 Å². The van der Waals surface area contributed by atoms with Crippen LogP contribution in [0, 0.1) is 0 Å². The maximum atomic E-state index is 11.7. The first-order valence-corrected chi connectivity index (χ1v) is 7.14. The Balaban J connectivity index is 2.06. The number of hydrogen-bond acceptors (Lipinski definition) is 6. The highest BCUT2D eigenvalue weighted by atomic mass is 32.1. The Bertz CT molecular complexity index is 565. The molecule has 0 saturated carbocycles. The van der Waals surface area contributed by atoms with Crippen LogP contribution in [0.1, 0.15) is 18.9 Å². The van der Waals surface area contributed by atoms with Crippen LogP contribution in [0.3, 0.4) is 0 Å². The summed E-state index contributed by atoms with van der Waals surface area (Å²) in [5.74, 6) is 1.08. The van der Waals surface area contributed by atoms with Gasteiger partial charge in [0.2, 0.25) is 11.8 Å². The van der Waals surface area contributed by atoms with Crippen molar-refractivity contribution in [1.82, 2.24) is 20.0 Å². The van der Waals surface area contributed by atoms with Crippen molar-refractivity contribution in [3.8, 4) is 10.8 Å². The third kappa shape index (κ3) is 3.23. The molecule has 108 valence electrons. The van der Waals surface area contributed by atoms with Gasteiger partial charge in [-0.15, -0.1) is 21.5 Å². The highest BCUT2D eigenvalue weighted by Gasteiger charge is 2.21. The van der Waals surface area contributed by atoms with E-state index in [9.17, 15) is 4.79 Å². The number of aromatic nitrogens is 2. The predicted octanol–water partition coefficient (Wildman–Crippen LogP) is 1.88. The molecule has 2 aromatic heterocycles. The molecule has 6 nitrogen and oxygen atoms in total. The largest absolute Gasteiger partial charge is 0.418 e. The lowest BCUT2D eigenvalue weighted by molar-refractivity contribution is -0.130. The normalized spacial score (nSPS) is 12.7. The first-order valence-electron chi connectivity index (χ1n) is 6.26. The predicted molar refractivity (Wildman–Crippen MR) is 77.4 cm³/mol. The van der Waals surface area contributed by atoms with Gasteiger partial charge in [-0.25, -0.2) is 0 Å². The van der Waals surface area contributed by atoms with Gasteiger partial charge in [0, 0.05) is 14.1 Å². The molecule has 0 bridgehead atoms. The van der Waals surface area contributed by atoms with Crippen molar-refractivity contribution >= 4 is 17.2 Å². The fraction of sp³-hybridized carbons (Fsp3) is 0.462. The molecular weight excluding hydrogens is 276 g/mol. The van der Waals surface area contributed by atoms with Crippen molar-refractivity contribution < 1.29 is 9.21 Å². The Labute approximate surface area is 122 Å². The van der Waals surface area contributed by atoms with E-state index in [4.69, 9.17) is 4.42 Å². The number of carbonyl (C=O) groups excluding carboxylic acids is 1. The average Bonchev–Trinajstić information content (AvgIpc) is 3.07. The second kappa shape index (κ2) is 6.15. The SMILES string of the molecule is CC(c1nnc(-c2cccs2)o1)N(C)CC(=O)N(C)C. The molecule has 0 aliphatic rings. The molecule has 7 heteroatoms. The molecule has 0 N–H and O–H groups in total. The maximum absolute atomic E-state index is 11.7. The van der Waals surface area contributed by atoms with Gasteiger partial charge in [-0.05, 0) is 25.4 Å². The monoisotopic (exact) mass is 294 g/mol. The zero-order chi connectivity index (χ0) is 14.7. The van der Waals surface area contributed by atoms with Crippen LogP contribution in [0.4, 0.5) is 0 Å². The third-order valence-electron chi connectivity index (χ3n) is 3.07. The lowest BCUT2D eigenvalue weighted by atomic mass is 10.3. The second-order valence-corrected chi connectivity index (χ2v) is 5.75. The van der Waals surface area contributed by atoms with E-state index in [2.05, 4.69) is 10.2 Å². The summed E-state index contributed by atoms with van der Waals surface area (Å²) in [6, 6.07) is 3.77. The molecule has 0 fully saturated rings. The zero-order valence-corrected chi connectivity index (χ0v) is 12.8. The zero-order valence-electron chi connectivity index (χ0n) is 12.0. The minimum Gasteiger partial charge on any atom is -0.418 e. The number of likely N-dealkylation sites (N-methyl/N-ethyl adjacent to an activating group) is 2. The van der Waals surface area contributed by atoms with Gasteiger partial charge < -0.3 is 9.32 Å². The highest BCUT2D eigenvalue weighted by molar-refractivity contribution is 7.13. The van der Waals surface area contributed by atoms with Crippen LogP contribution in [0.5, 0.6) is 0 Å². The van der Waals surface area contributed by atoms with Gasteiger partial charge in [-0.3, -0.25) is 9.69 Å². The summed E-state index contributed by atoms with van der Waals surface area (Å²) in [7, 11) is 5.34. The van der Waals surface area contributed by atoms with Gasteiger partial charge in [0.1, 0.15) is 0 Å². The fourth-order valence-corrected chi connectivity index (χ4v) is 2.23.